The SMILES string of the molecule is CCCCCCCCCCCCCCCCCCN(CCCCCC(=O)N(C)CCCCCC)C(N)=O. The molecule has 3 amide bonds. The average molecular weight is 524 g/mol. The Labute approximate surface area is 231 Å². The molecule has 0 unspecified atom stereocenters. The van der Waals surface area contributed by atoms with Gasteiger partial charge in [0.15, 0.2) is 0 Å². The van der Waals surface area contributed by atoms with E-state index in [4.69, 9.17) is 5.73 Å². The van der Waals surface area contributed by atoms with Gasteiger partial charge in [-0.05, 0) is 25.7 Å². The molecule has 0 aliphatic heterocycles. The summed E-state index contributed by atoms with van der Waals surface area (Å²) in [7, 11) is 1.92. The predicted octanol–water partition coefficient (Wildman–Crippen LogP) is 9.23. The summed E-state index contributed by atoms with van der Waals surface area (Å²) in [6, 6.07) is -0.302. The Morgan fingerprint density at radius 2 is 0.811 bits per heavy atom. The van der Waals surface area contributed by atoms with Crippen molar-refractivity contribution in [3.8, 4) is 0 Å². The standard InChI is InChI=1S/C32H65N3O2/c1-4-6-8-10-11-12-13-14-15-16-17-18-19-20-21-25-29-35(32(33)37)30-26-22-23-27-31(36)34(3)28-24-9-7-5-2/h4-30H2,1-3H3,(H2,33,37). The van der Waals surface area contributed by atoms with E-state index >= 15 is 0 Å². The molecule has 0 bridgehead atoms. The van der Waals surface area contributed by atoms with Gasteiger partial charge >= 0.3 is 6.03 Å². The van der Waals surface area contributed by atoms with Crippen molar-refractivity contribution in [2.24, 2.45) is 5.73 Å². The quantitative estimate of drug-likeness (QED) is 0.104. The van der Waals surface area contributed by atoms with Crippen molar-refractivity contribution in [1.82, 2.24) is 9.80 Å². The van der Waals surface area contributed by atoms with E-state index < -0.39 is 0 Å². The summed E-state index contributed by atoms with van der Waals surface area (Å²) >= 11 is 0. The summed E-state index contributed by atoms with van der Waals surface area (Å²) in [6.07, 6.45) is 29.8. The molecule has 0 atom stereocenters. The second-order valence-electron chi connectivity index (χ2n) is 11.3. The molecule has 2 N–H and O–H groups in total. The number of carbonyl (C=O) groups is 2. The zero-order valence-electron chi connectivity index (χ0n) is 25.4. The van der Waals surface area contributed by atoms with Gasteiger partial charge in [-0.3, -0.25) is 4.79 Å². The number of primary amides is 1. The molecule has 0 saturated heterocycles. The first-order valence-corrected chi connectivity index (χ1v) is 16.3. The zero-order valence-corrected chi connectivity index (χ0v) is 25.4. The number of amides is 3. The zero-order chi connectivity index (χ0) is 27.4. The first-order valence-electron chi connectivity index (χ1n) is 16.3. The Morgan fingerprint density at radius 3 is 1.22 bits per heavy atom. The Hall–Kier alpha value is -1.26. The number of hydrogen-bond donors (Lipinski definition) is 1. The Kier molecular flexibility index (Phi) is 26.8. The number of nitrogens with zero attached hydrogens (tertiary/aromatic N) is 2. The fourth-order valence-corrected chi connectivity index (χ4v) is 5.03. The maximum atomic E-state index is 12.2. The van der Waals surface area contributed by atoms with E-state index in [9.17, 15) is 9.59 Å². The van der Waals surface area contributed by atoms with Gasteiger partial charge in [-0.25, -0.2) is 4.79 Å². The molecule has 220 valence electrons. The van der Waals surface area contributed by atoms with Crippen LogP contribution in [0.3, 0.4) is 0 Å². The minimum Gasteiger partial charge on any atom is -0.351 e. The van der Waals surface area contributed by atoms with E-state index in [0.717, 1.165) is 51.7 Å². The Bertz CT molecular complexity index is 512. The van der Waals surface area contributed by atoms with Gasteiger partial charge in [-0.1, -0.05) is 136 Å². The highest BCUT2D eigenvalue weighted by Gasteiger charge is 2.10. The Morgan fingerprint density at radius 1 is 0.486 bits per heavy atom. The first-order chi connectivity index (χ1) is 18.0. The third-order valence-electron chi connectivity index (χ3n) is 7.68. The first kappa shape index (κ1) is 35.7. The summed E-state index contributed by atoms with van der Waals surface area (Å²) in [5.74, 6) is 0.247. The molecule has 0 fully saturated rings. The number of carbonyl (C=O) groups excluding carboxylic acids is 2. The highest BCUT2D eigenvalue weighted by atomic mass is 16.2. The molecule has 0 saturated carbocycles. The number of nitrogens with two attached hydrogens (primary N) is 1. The summed E-state index contributed by atoms with van der Waals surface area (Å²) in [6.45, 7) is 6.84. The van der Waals surface area contributed by atoms with Gasteiger partial charge in [0.2, 0.25) is 5.91 Å². The number of urea groups is 1. The van der Waals surface area contributed by atoms with E-state index in [1.165, 1.54) is 116 Å². The van der Waals surface area contributed by atoms with E-state index in [0.29, 0.717) is 6.42 Å². The molecule has 5 nitrogen and oxygen atoms in total. The van der Waals surface area contributed by atoms with Crippen LogP contribution in [0, 0.1) is 0 Å². The van der Waals surface area contributed by atoms with Crippen LogP contribution in [0.4, 0.5) is 4.79 Å². The van der Waals surface area contributed by atoms with Crippen molar-refractivity contribution in [1.29, 1.82) is 0 Å². The molecule has 0 aromatic rings. The van der Waals surface area contributed by atoms with Crippen molar-refractivity contribution >= 4 is 11.9 Å². The lowest BCUT2D eigenvalue weighted by molar-refractivity contribution is -0.130. The number of hydrogen-bond acceptors (Lipinski definition) is 2. The molecule has 0 aromatic heterocycles. The summed E-state index contributed by atoms with van der Waals surface area (Å²) < 4.78 is 0. The molecule has 0 aromatic carbocycles. The van der Waals surface area contributed by atoms with Crippen molar-refractivity contribution in [3.05, 3.63) is 0 Å². The van der Waals surface area contributed by atoms with Crippen LogP contribution < -0.4 is 5.73 Å². The van der Waals surface area contributed by atoms with Crippen molar-refractivity contribution in [2.45, 2.75) is 168 Å². The van der Waals surface area contributed by atoms with Crippen LogP contribution in [0.2, 0.25) is 0 Å². The topological polar surface area (TPSA) is 66.6 Å². The van der Waals surface area contributed by atoms with Crippen LogP contribution in [0.5, 0.6) is 0 Å². The minimum absolute atomic E-state index is 0.247. The van der Waals surface area contributed by atoms with Gasteiger partial charge in [0.05, 0.1) is 0 Å². The molecule has 0 rings (SSSR count). The van der Waals surface area contributed by atoms with E-state index in [-0.39, 0.29) is 11.9 Å². The third kappa shape index (κ3) is 24.8. The van der Waals surface area contributed by atoms with E-state index in [1.807, 2.05) is 11.9 Å². The lowest BCUT2D eigenvalue weighted by Gasteiger charge is -2.20. The minimum atomic E-state index is -0.302. The molecule has 0 radical (unpaired) electrons. The largest absolute Gasteiger partial charge is 0.351 e. The second kappa shape index (κ2) is 27.8. The lowest BCUT2D eigenvalue weighted by atomic mass is 10.0. The molecule has 0 aliphatic rings. The van der Waals surface area contributed by atoms with Crippen LogP contribution >= 0.6 is 0 Å². The van der Waals surface area contributed by atoms with Crippen LogP contribution in [0.25, 0.3) is 0 Å². The predicted molar refractivity (Wildman–Crippen MR) is 161 cm³/mol. The van der Waals surface area contributed by atoms with Crippen LogP contribution in [0.15, 0.2) is 0 Å². The summed E-state index contributed by atoms with van der Waals surface area (Å²) in [4.78, 5) is 27.7. The highest BCUT2D eigenvalue weighted by Crippen LogP contribution is 2.14. The van der Waals surface area contributed by atoms with Crippen LogP contribution in [-0.2, 0) is 4.79 Å². The van der Waals surface area contributed by atoms with Gasteiger partial charge in [0, 0.05) is 33.1 Å². The van der Waals surface area contributed by atoms with Crippen LogP contribution in [-0.4, -0.2) is 48.4 Å². The number of unbranched alkanes of at least 4 members (excludes halogenated alkanes) is 20. The molecule has 37 heavy (non-hydrogen) atoms. The van der Waals surface area contributed by atoms with Crippen LogP contribution in [0.1, 0.15) is 168 Å². The molecule has 0 aliphatic carbocycles. The fourth-order valence-electron chi connectivity index (χ4n) is 5.03. The van der Waals surface area contributed by atoms with Crippen molar-refractivity contribution in [3.63, 3.8) is 0 Å². The van der Waals surface area contributed by atoms with Crippen molar-refractivity contribution < 1.29 is 9.59 Å². The van der Waals surface area contributed by atoms with Gasteiger partial charge < -0.3 is 15.5 Å². The molecule has 0 heterocycles. The monoisotopic (exact) mass is 524 g/mol. The van der Waals surface area contributed by atoms with E-state index in [2.05, 4.69) is 13.8 Å². The lowest BCUT2D eigenvalue weighted by Crippen LogP contribution is -2.37. The second-order valence-corrected chi connectivity index (χ2v) is 11.3. The third-order valence-corrected chi connectivity index (χ3v) is 7.68. The molecular weight excluding hydrogens is 458 g/mol. The van der Waals surface area contributed by atoms with Gasteiger partial charge in [0.1, 0.15) is 0 Å². The van der Waals surface area contributed by atoms with Gasteiger partial charge in [-0.2, -0.15) is 0 Å². The smallest absolute Gasteiger partial charge is 0.314 e. The van der Waals surface area contributed by atoms with E-state index in [1.54, 1.807) is 4.90 Å². The average Bonchev–Trinajstić information content (AvgIpc) is 2.89. The summed E-state index contributed by atoms with van der Waals surface area (Å²) in [5, 5.41) is 0. The fraction of sp³-hybridized carbons (Fsp3) is 0.938. The van der Waals surface area contributed by atoms with Gasteiger partial charge in [0.25, 0.3) is 0 Å². The molecule has 5 heteroatoms. The van der Waals surface area contributed by atoms with Gasteiger partial charge in [-0.15, -0.1) is 0 Å². The maximum Gasteiger partial charge on any atom is 0.314 e. The normalized spacial score (nSPS) is 11.1. The van der Waals surface area contributed by atoms with Crippen molar-refractivity contribution in [2.75, 3.05) is 26.7 Å². The number of rotatable bonds is 28. The Balaban J connectivity index is 3.57. The maximum absolute atomic E-state index is 12.2. The highest BCUT2D eigenvalue weighted by molar-refractivity contribution is 5.75. The molecule has 0 spiro atoms. The molecular formula is C32H65N3O2. The summed E-state index contributed by atoms with van der Waals surface area (Å²) in [5.41, 5.74) is 5.60.